The highest BCUT2D eigenvalue weighted by Gasteiger charge is 2.22. The van der Waals surface area contributed by atoms with E-state index in [1.807, 2.05) is 25.1 Å². The second-order valence-corrected chi connectivity index (χ2v) is 5.56. The predicted molar refractivity (Wildman–Crippen MR) is 85.7 cm³/mol. The van der Waals surface area contributed by atoms with Crippen LogP contribution in [0.25, 0.3) is 10.9 Å². The summed E-state index contributed by atoms with van der Waals surface area (Å²) in [4.78, 5) is 11.6. The van der Waals surface area contributed by atoms with Crippen molar-refractivity contribution in [3.05, 3.63) is 24.3 Å². The van der Waals surface area contributed by atoms with Gasteiger partial charge in [-0.15, -0.1) is 0 Å². The molecule has 0 spiro atoms. The van der Waals surface area contributed by atoms with Gasteiger partial charge in [0.15, 0.2) is 0 Å². The van der Waals surface area contributed by atoms with Gasteiger partial charge in [-0.05, 0) is 37.8 Å². The van der Waals surface area contributed by atoms with Gasteiger partial charge in [0.25, 0.3) is 0 Å². The molecule has 5 nitrogen and oxygen atoms in total. The quantitative estimate of drug-likeness (QED) is 0.903. The number of fused-ring (bicyclic) bond motifs is 1. The second kappa shape index (κ2) is 6.26. The Morgan fingerprint density at radius 1 is 1.33 bits per heavy atom. The minimum atomic E-state index is 0.250. The zero-order valence-corrected chi connectivity index (χ0v) is 12.4. The number of anilines is 2. The molecular weight excluding hydrogens is 264 g/mol. The van der Waals surface area contributed by atoms with Crippen molar-refractivity contribution >= 4 is 22.7 Å². The molecule has 2 N–H and O–H groups in total. The highest BCUT2D eigenvalue weighted by Crippen LogP contribution is 2.28. The van der Waals surface area contributed by atoms with Crippen molar-refractivity contribution in [2.45, 2.75) is 19.8 Å². The number of nitrogens with one attached hydrogen (secondary N) is 1. The van der Waals surface area contributed by atoms with Crippen molar-refractivity contribution in [1.29, 1.82) is 0 Å². The first-order chi connectivity index (χ1) is 10.3. The van der Waals surface area contributed by atoms with Crippen molar-refractivity contribution in [3.8, 4) is 0 Å². The van der Waals surface area contributed by atoms with E-state index >= 15 is 0 Å². The minimum absolute atomic E-state index is 0.250. The molecule has 1 aliphatic heterocycles. The molecule has 0 amide bonds. The Hall–Kier alpha value is -1.88. The van der Waals surface area contributed by atoms with Crippen LogP contribution in [-0.4, -0.2) is 41.3 Å². The van der Waals surface area contributed by atoms with Crippen LogP contribution in [0.5, 0.6) is 0 Å². The largest absolute Gasteiger partial charge is 0.396 e. The van der Waals surface area contributed by atoms with Crippen LogP contribution in [0.2, 0.25) is 0 Å². The molecule has 1 aromatic heterocycles. The molecular formula is C16H22N4O. The van der Waals surface area contributed by atoms with Gasteiger partial charge in [0.2, 0.25) is 5.95 Å². The minimum Gasteiger partial charge on any atom is -0.396 e. The van der Waals surface area contributed by atoms with E-state index in [9.17, 15) is 5.11 Å². The normalized spacial score (nSPS) is 19.0. The summed E-state index contributed by atoms with van der Waals surface area (Å²) in [7, 11) is 0. The zero-order valence-electron chi connectivity index (χ0n) is 12.4. The second-order valence-electron chi connectivity index (χ2n) is 5.56. The Bertz CT molecular complexity index is 616. The number of aliphatic hydroxyl groups is 1. The fourth-order valence-corrected chi connectivity index (χ4v) is 2.94. The lowest BCUT2D eigenvalue weighted by Gasteiger charge is -2.33. The summed E-state index contributed by atoms with van der Waals surface area (Å²) in [5, 5.41) is 13.7. The van der Waals surface area contributed by atoms with Crippen LogP contribution >= 0.6 is 0 Å². The van der Waals surface area contributed by atoms with Crippen LogP contribution in [-0.2, 0) is 0 Å². The van der Waals surface area contributed by atoms with Gasteiger partial charge < -0.3 is 15.3 Å². The number of aliphatic hydroxyl groups excluding tert-OH is 1. The first-order valence-corrected chi connectivity index (χ1v) is 7.68. The number of hydrogen-bond acceptors (Lipinski definition) is 5. The highest BCUT2D eigenvalue weighted by atomic mass is 16.3. The smallest absolute Gasteiger partial charge is 0.225 e. The van der Waals surface area contributed by atoms with Crippen molar-refractivity contribution in [2.75, 3.05) is 36.5 Å². The maximum atomic E-state index is 9.44. The molecule has 21 heavy (non-hydrogen) atoms. The first kappa shape index (κ1) is 14.1. The summed E-state index contributed by atoms with van der Waals surface area (Å²) < 4.78 is 0. The Morgan fingerprint density at radius 2 is 2.19 bits per heavy atom. The SMILES string of the molecule is CCNc1nc(N2CCCC(CO)C2)c2ccccc2n1. The number of rotatable bonds is 4. The number of para-hydroxylation sites is 1. The summed E-state index contributed by atoms with van der Waals surface area (Å²) in [5.74, 6) is 2.00. The molecule has 0 aliphatic carbocycles. The third kappa shape index (κ3) is 2.93. The van der Waals surface area contributed by atoms with E-state index in [1.165, 1.54) is 0 Å². The molecule has 1 aliphatic rings. The van der Waals surface area contributed by atoms with E-state index in [-0.39, 0.29) is 6.61 Å². The molecule has 1 fully saturated rings. The Morgan fingerprint density at radius 3 is 3.00 bits per heavy atom. The standard InChI is InChI=1S/C16H22N4O/c1-2-17-16-18-14-8-4-3-7-13(14)15(19-16)20-9-5-6-12(10-20)11-21/h3-4,7-8,12,21H,2,5-6,9-11H2,1H3,(H,17,18,19). The van der Waals surface area contributed by atoms with E-state index in [0.717, 1.165) is 49.2 Å². The molecule has 1 aromatic carbocycles. The molecule has 0 bridgehead atoms. The molecule has 5 heteroatoms. The summed E-state index contributed by atoms with van der Waals surface area (Å²) >= 11 is 0. The number of hydrogen-bond donors (Lipinski definition) is 2. The lowest BCUT2D eigenvalue weighted by molar-refractivity contribution is 0.208. The van der Waals surface area contributed by atoms with Crippen molar-refractivity contribution in [2.24, 2.45) is 5.92 Å². The highest BCUT2D eigenvalue weighted by molar-refractivity contribution is 5.90. The van der Waals surface area contributed by atoms with Crippen LogP contribution in [0.3, 0.4) is 0 Å². The van der Waals surface area contributed by atoms with Gasteiger partial charge in [-0.1, -0.05) is 12.1 Å². The maximum absolute atomic E-state index is 9.44. The Balaban J connectivity index is 2.02. The van der Waals surface area contributed by atoms with Gasteiger partial charge >= 0.3 is 0 Å². The van der Waals surface area contributed by atoms with Gasteiger partial charge in [0.1, 0.15) is 5.82 Å². The predicted octanol–water partition coefficient (Wildman–Crippen LogP) is 2.27. The molecule has 0 radical (unpaired) electrons. The van der Waals surface area contributed by atoms with Gasteiger partial charge in [0.05, 0.1) is 5.52 Å². The fraction of sp³-hybridized carbons (Fsp3) is 0.500. The number of benzene rings is 1. The van der Waals surface area contributed by atoms with Crippen molar-refractivity contribution in [3.63, 3.8) is 0 Å². The third-order valence-corrected chi connectivity index (χ3v) is 3.99. The van der Waals surface area contributed by atoms with Gasteiger partial charge in [-0.2, -0.15) is 4.98 Å². The number of aromatic nitrogens is 2. The first-order valence-electron chi connectivity index (χ1n) is 7.68. The number of nitrogens with zero attached hydrogens (tertiary/aromatic N) is 3. The summed E-state index contributed by atoms with van der Waals surface area (Å²) in [6, 6.07) is 8.12. The van der Waals surface area contributed by atoms with Gasteiger partial charge in [-0.25, -0.2) is 4.98 Å². The fourth-order valence-electron chi connectivity index (χ4n) is 2.94. The van der Waals surface area contributed by atoms with E-state index in [0.29, 0.717) is 11.9 Å². The summed E-state index contributed by atoms with van der Waals surface area (Å²) in [6.07, 6.45) is 2.19. The van der Waals surface area contributed by atoms with Crippen LogP contribution in [0, 0.1) is 5.92 Å². The molecule has 3 rings (SSSR count). The van der Waals surface area contributed by atoms with E-state index < -0.39 is 0 Å². The molecule has 2 aromatic rings. The molecule has 112 valence electrons. The average molecular weight is 286 g/mol. The van der Waals surface area contributed by atoms with E-state index in [4.69, 9.17) is 4.98 Å². The molecule has 1 atom stereocenters. The topological polar surface area (TPSA) is 61.3 Å². The van der Waals surface area contributed by atoms with Gasteiger partial charge in [0, 0.05) is 31.6 Å². The van der Waals surface area contributed by atoms with Crippen molar-refractivity contribution in [1.82, 2.24) is 9.97 Å². The van der Waals surface area contributed by atoms with Crippen molar-refractivity contribution < 1.29 is 5.11 Å². The Kier molecular flexibility index (Phi) is 4.20. The lowest BCUT2D eigenvalue weighted by atomic mass is 9.99. The monoisotopic (exact) mass is 286 g/mol. The molecule has 0 saturated carbocycles. The van der Waals surface area contributed by atoms with E-state index in [1.54, 1.807) is 0 Å². The van der Waals surface area contributed by atoms with E-state index in [2.05, 4.69) is 21.3 Å². The lowest BCUT2D eigenvalue weighted by Crippen LogP contribution is -2.37. The van der Waals surface area contributed by atoms with Crippen LogP contribution < -0.4 is 10.2 Å². The zero-order chi connectivity index (χ0) is 14.7. The summed E-state index contributed by atoms with van der Waals surface area (Å²) in [5.41, 5.74) is 0.963. The number of piperidine rings is 1. The van der Waals surface area contributed by atoms with Crippen LogP contribution in [0.1, 0.15) is 19.8 Å². The van der Waals surface area contributed by atoms with Gasteiger partial charge in [-0.3, -0.25) is 0 Å². The summed E-state index contributed by atoms with van der Waals surface area (Å²) in [6.45, 7) is 4.95. The molecule has 1 unspecified atom stereocenters. The molecule has 1 saturated heterocycles. The third-order valence-electron chi connectivity index (χ3n) is 3.99. The molecule has 2 heterocycles. The average Bonchev–Trinajstić information content (AvgIpc) is 2.54. The van der Waals surface area contributed by atoms with Crippen LogP contribution in [0.4, 0.5) is 11.8 Å². The van der Waals surface area contributed by atoms with Crippen LogP contribution in [0.15, 0.2) is 24.3 Å². The maximum Gasteiger partial charge on any atom is 0.225 e. The Labute approximate surface area is 125 Å².